The third-order valence-electron chi connectivity index (χ3n) is 4.03. The van der Waals surface area contributed by atoms with Gasteiger partial charge in [-0.3, -0.25) is 0 Å². The fraction of sp³-hybridized carbons (Fsp3) is 0.368. The van der Waals surface area contributed by atoms with E-state index in [0.29, 0.717) is 12.6 Å². The number of aryl methyl sites for hydroxylation is 1. The van der Waals surface area contributed by atoms with E-state index in [9.17, 15) is 0 Å². The molecular weight excluding hydrogens is 258 g/mol. The molecular formula is C19H23NO. The van der Waals surface area contributed by atoms with Crippen LogP contribution in [0.2, 0.25) is 0 Å². The lowest BCUT2D eigenvalue weighted by Crippen LogP contribution is -2.13. The van der Waals surface area contributed by atoms with Gasteiger partial charge >= 0.3 is 0 Å². The summed E-state index contributed by atoms with van der Waals surface area (Å²) in [7, 11) is 0. The molecule has 0 saturated heterocycles. The highest BCUT2D eigenvalue weighted by atomic mass is 16.5. The maximum Gasteiger partial charge on any atom is 0.142 e. The molecule has 1 saturated carbocycles. The molecule has 2 heteroatoms. The van der Waals surface area contributed by atoms with Gasteiger partial charge in [0.15, 0.2) is 0 Å². The van der Waals surface area contributed by atoms with Gasteiger partial charge in [-0.25, -0.2) is 0 Å². The molecule has 1 aliphatic carbocycles. The molecule has 0 radical (unpaired) electrons. The van der Waals surface area contributed by atoms with Crippen molar-refractivity contribution in [3.8, 4) is 5.75 Å². The van der Waals surface area contributed by atoms with Crippen LogP contribution in [0.15, 0.2) is 48.5 Å². The van der Waals surface area contributed by atoms with Crippen LogP contribution in [0.1, 0.15) is 36.9 Å². The highest BCUT2D eigenvalue weighted by molar-refractivity contribution is 5.57. The van der Waals surface area contributed by atoms with Crippen molar-refractivity contribution < 1.29 is 4.74 Å². The Bertz CT molecular complexity index is 587. The Labute approximate surface area is 127 Å². The Morgan fingerprint density at radius 3 is 2.48 bits per heavy atom. The minimum atomic E-state index is 0.382. The Morgan fingerprint density at radius 2 is 1.81 bits per heavy atom. The third-order valence-corrected chi connectivity index (χ3v) is 4.03. The first-order chi connectivity index (χ1) is 10.3. The fourth-order valence-corrected chi connectivity index (χ4v) is 2.71. The van der Waals surface area contributed by atoms with Gasteiger partial charge in [-0.2, -0.15) is 0 Å². The first kappa shape index (κ1) is 14.0. The Kier molecular flexibility index (Phi) is 4.14. The van der Waals surface area contributed by atoms with Crippen molar-refractivity contribution in [1.29, 1.82) is 0 Å². The summed E-state index contributed by atoms with van der Waals surface area (Å²) >= 11 is 0. The molecule has 1 aliphatic rings. The maximum atomic E-state index is 5.73. The number of hydrogen-bond acceptors (Lipinski definition) is 2. The standard InChI is InChI=1S/C19H23NO/c1-3-21-18-7-5-4-6-17(18)20-19(16-12-13-16)15-10-8-14(2)9-11-15/h4-11,16,19-20H,3,12-13H2,1-2H3. The zero-order valence-corrected chi connectivity index (χ0v) is 12.8. The van der Waals surface area contributed by atoms with E-state index in [1.165, 1.54) is 24.0 Å². The summed E-state index contributed by atoms with van der Waals surface area (Å²) in [4.78, 5) is 0. The molecule has 2 nitrogen and oxygen atoms in total. The second-order valence-corrected chi connectivity index (χ2v) is 5.80. The smallest absolute Gasteiger partial charge is 0.142 e. The lowest BCUT2D eigenvalue weighted by Gasteiger charge is -2.22. The van der Waals surface area contributed by atoms with Crippen LogP contribution in [0, 0.1) is 12.8 Å². The van der Waals surface area contributed by atoms with Crippen molar-refractivity contribution >= 4 is 5.69 Å². The van der Waals surface area contributed by atoms with Gasteiger partial charge in [-0.15, -0.1) is 0 Å². The number of para-hydroxylation sites is 2. The number of benzene rings is 2. The van der Waals surface area contributed by atoms with Crippen molar-refractivity contribution in [2.75, 3.05) is 11.9 Å². The molecule has 2 aromatic rings. The van der Waals surface area contributed by atoms with Crippen LogP contribution in [0.25, 0.3) is 0 Å². The lowest BCUT2D eigenvalue weighted by atomic mass is 10.0. The topological polar surface area (TPSA) is 21.3 Å². The molecule has 110 valence electrons. The number of nitrogens with one attached hydrogen (secondary N) is 1. The van der Waals surface area contributed by atoms with E-state index in [1.54, 1.807) is 0 Å². The summed E-state index contributed by atoms with van der Waals surface area (Å²) in [6.45, 7) is 4.85. The van der Waals surface area contributed by atoms with Crippen molar-refractivity contribution in [2.45, 2.75) is 32.7 Å². The van der Waals surface area contributed by atoms with Gasteiger partial charge in [0, 0.05) is 0 Å². The van der Waals surface area contributed by atoms with E-state index < -0.39 is 0 Å². The molecule has 2 aromatic carbocycles. The number of anilines is 1. The molecule has 0 aliphatic heterocycles. The zero-order chi connectivity index (χ0) is 14.7. The summed E-state index contributed by atoms with van der Waals surface area (Å²) in [5, 5.41) is 3.71. The summed E-state index contributed by atoms with van der Waals surface area (Å²) in [5.74, 6) is 1.68. The number of hydrogen-bond donors (Lipinski definition) is 1. The zero-order valence-electron chi connectivity index (χ0n) is 12.8. The van der Waals surface area contributed by atoms with Crippen LogP contribution in [0.5, 0.6) is 5.75 Å². The second kappa shape index (κ2) is 6.21. The third kappa shape index (κ3) is 3.38. The number of ether oxygens (including phenoxy) is 1. The van der Waals surface area contributed by atoms with Gasteiger partial charge < -0.3 is 10.1 Å². The molecule has 0 heterocycles. The molecule has 21 heavy (non-hydrogen) atoms. The SMILES string of the molecule is CCOc1ccccc1NC(c1ccc(C)cc1)C1CC1. The minimum Gasteiger partial charge on any atom is -0.492 e. The fourth-order valence-electron chi connectivity index (χ4n) is 2.71. The van der Waals surface area contributed by atoms with Gasteiger partial charge in [0.05, 0.1) is 18.3 Å². The quantitative estimate of drug-likeness (QED) is 0.808. The van der Waals surface area contributed by atoms with E-state index in [0.717, 1.165) is 17.4 Å². The van der Waals surface area contributed by atoms with Crippen LogP contribution >= 0.6 is 0 Å². The normalized spacial score (nSPS) is 15.5. The minimum absolute atomic E-state index is 0.382. The summed E-state index contributed by atoms with van der Waals surface area (Å²) < 4.78 is 5.73. The average molecular weight is 281 g/mol. The maximum absolute atomic E-state index is 5.73. The van der Waals surface area contributed by atoms with Gasteiger partial charge in [0.1, 0.15) is 5.75 Å². The van der Waals surface area contributed by atoms with E-state index in [2.05, 4.69) is 48.6 Å². The largest absolute Gasteiger partial charge is 0.492 e. The second-order valence-electron chi connectivity index (χ2n) is 5.80. The van der Waals surface area contributed by atoms with Crippen LogP contribution in [-0.4, -0.2) is 6.61 Å². The van der Waals surface area contributed by atoms with E-state index >= 15 is 0 Å². The molecule has 0 aromatic heterocycles. The Hall–Kier alpha value is -1.96. The molecule has 0 amide bonds. The molecule has 1 unspecified atom stereocenters. The van der Waals surface area contributed by atoms with Crippen LogP contribution in [0.3, 0.4) is 0 Å². The first-order valence-electron chi connectivity index (χ1n) is 7.83. The van der Waals surface area contributed by atoms with Gasteiger partial charge in [0.2, 0.25) is 0 Å². The van der Waals surface area contributed by atoms with Crippen LogP contribution in [0.4, 0.5) is 5.69 Å². The van der Waals surface area contributed by atoms with E-state index in [4.69, 9.17) is 4.74 Å². The van der Waals surface area contributed by atoms with Crippen LogP contribution in [-0.2, 0) is 0 Å². The Morgan fingerprint density at radius 1 is 1.10 bits per heavy atom. The van der Waals surface area contributed by atoms with Crippen molar-refractivity contribution in [1.82, 2.24) is 0 Å². The molecule has 3 rings (SSSR count). The van der Waals surface area contributed by atoms with Gasteiger partial charge in [-0.05, 0) is 50.3 Å². The molecule has 1 atom stereocenters. The average Bonchev–Trinajstić information content (AvgIpc) is 3.32. The predicted octanol–water partition coefficient (Wildman–Crippen LogP) is 4.96. The lowest BCUT2D eigenvalue weighted by molar-refractivity contribution is 0.341. The summed E-state index contributed by atoms with van der Waals surface area (Å²) in [5.41, 5.74) is 3.77. The van der Waals surface area contributed by atoms with E-state index in [1.807, 2.05) is 19.1 Å². The molecule has 1 fully saturated rings. The van der Waals surface area contributed by atoms with Gasteiger partial charge in [-0.1, -0.05) is 42.0 Å². The highest BCUT2D eigenvalue weighted by Crippen LogP contribution is 2.44. The van der Waals surface area contributed by atoms with E-state index in [-0.39, 0.29) is 0 Å². The summed E-state index contributed by atoms with van der Waals surface area (Å²) in [6, 6.07) is 17.5. The molecule has 1 N–H and O–H groups in total. The predicted molar refractivity (Wildman–Crippen MR) is 87.9 cm³/mol. The van der Waals surface area contributed by atoms with Crippen molar-refractivity contribution in [2.24, 2.45) is 5.92 Å². The Balaban J connectivity index is 1.84. The van der Waals surface area contributed by atoms with Crippen molar-refractivity contribution in [3.05, 3.63) is 59.7 Å². The summed E-state index contributed by atoms with van der Waals surface area (Å²) in [6.07, 6.45) is 2.62. The molecule has 0 bridgehead atoms. The van der Waals surface area contributed by atoms with Gasteiger partial charge in [0.25, 0.3) is 0 Å². The monoisotopic (exact) mass is 281 g/mol. The van der Waals surface area contributed by atoms with Crippen molar-refractivity contribution in [3.63, 3.8) is 0 Å². The first-order valence-corrected chi connectivity index (χ1v) is 7.83. The van der Waals surface area contributed by atoms with Crippen LogP contribution < -0.4 is 10.1 Å². The number of rotatable bonds is 6. The molecule has 0 spiro atoms. The highest BCUT2D eigenvalue weighted by Gasteiger charge is 2.32.